The van der Waals surface area contributed by atoms with E-state index in [1.807, 2.05) is 85.7 Å². The second-order valence-corrected chi connectivity index (χ2v) is 37.1. The van der Waals surface area contributed by atoms with Crippen molar-refractivity contribution >= 4 is 150 Å². The number of aromatic nitrogens is 10. The monoisotopic (exact) mass is 1910 g/mol. The van der Waals surface area contributed by atoms with Gasteiger partial charge < -0.3 is 18.3 Å². The first-order valence-electron chi connectivity index (χ1n) is 50.1. The summed E-state index contributed by atoms with van der Waals surface area (Å²) in [5.74, 6) is 1.81. The number of para-hydroxylation sites is 8. The summed E-state index contributed by atoms with van der Waals surface area (Å²) < 4.78 is 9.36. The van der Waals surface area contributed by atoms with Crippen LogP contribution < -0.4 is 14.7 Å². The minimum Gasteiger partial charge on any atom is -0.309 e. The highest BCUT2D eigenvalue weighted by Gasteiger charge is 2.27. The maximum Gasteiger partial charge on any atom is 0.234 e. The lowest BCUT2D eigenvalue weighted by Crippen LogP contribution is -2.13. The van der Waals surface area contributed by atoms with Gasteiger partial charge in [-0.05, 0) is 231 Å². The fourth-order valence-corrected chi connectivity index (χ4v) is 21.1. The maximum absolute atomic E-state index is 5.01. The summed E-state index contributed by atoms with van der Waals surface area (Å²) in [7, 11) is 0. The van der Waals surface area contributed by atoms with Crippen LogP contribution in [-0.4, -0.2) is 48.2 Å². The van der Waals surface area contributed by atoms with Crippen LogP contribution in [0.4, 0.5) is 52.0 Å². The SMILES string of the molecule is c1ccc(-c2ccc(-c3cnc(N(c4ccc(-c5ccccc5)cc4)c4ccc5c(c4)c4ccccc4n5-c4ccccc4)nc3)cc2)cc1.c1ccc(-c2cnc(N(c3ccc(-c4ccc5ccccc5c4)cc3)c3ccc4c(c3)c3ccccc3n4-c3ccccc3)nc2)cc1.c1ccc(-c2cnc(N(c3ccc4c(c3)c3ccccc3n4-c3ccccc3)c3ccc4c5ccccc5n(-c5ccccc5)c4c3)nc2)cc1. The first-order chi connectivity index (χ1) is 73.9. The maximum atomic E-state index is 5.01. The third kappa shape index (κ3) is 17.1. The molecule has 13 nitrogen and oxygen atoms in total. The lowest BCUT2D eigenvalue weighted by molar-refractivity contribution is 1.08. The summed E-state index contributed by atoms with van der Waals surface area (Å²) in [4.78, 5) is 36.3. The number of fused-ring (bicyclic) bond motifs is 13. The van der Waals surface area contributed by atoms with Crippen LogP contribution in [0.1, 0.15) is 0 Å². The average molecular weight is 1910 g/mol. The normalized spacial score (nSPS) is 11.4. The van der Waals surface area contributed by atoms with Gasteiger partial charge in [0.05, 0.1) is 49.8 Å². The van der Waals surface area contributed by atoms with Crippen molar-refractivity contribution in [1.82, 2.24) is 48.2 Å². The molecule has 13 heteroatoms. The molecular formula is C136H93N13. The van der Waals surface area contributed by atoms with Gasteiger partial charge in [0, 0.05) is 148 Å². The Morgan fingerprint density at radius 1 is 0.128 bits per heavy atom. The molecule has 0 unspecified atom stereocenters. The Morgan fingerprint density at radius 2 is 0.342 bits per heavy atom. The van der Waals surface area contributed by atoms with E-state index in [2.05, 4.69) is 512 Å². The van der Waals surface area contributed by atoms with E-state index >= 15 is 0 Å². The molecule has 0 atom stereocenters. The minimum atomic E-state index is 0.600. The molecule has 28 aromatic rings. The summed E-state index contributed by atoms with van der Waals surface area (Å²) in [5.41, 5.74) is 32.9. The third-order valence-electron chi connectivity index (χ3n) is 28.2. The number of rotatable bonds is 19. The number of hydrogen-bond acceptors (Lipinski definition) is 9. The molecule has 0 saturated carbocycles. The van der Waals surface area contributed by atoms with Gasteiger partial charge in [-0.1, -0.05) is 358 Å². The molecule has 0 N–H and O–H groups in total. The smallest absolute Gasteiger partial charge is 0.234 e. The number of hydrogen-bond donors (Lipinski definition) is 0. The highest BCUT2D eigenvalue weighted by molar-refractivity contribution is 6.15. The van der Waals surface area contributed by atoms with Crippen molar-refractivity contribution in [2.45, 2.75) is 0 Å². The van der Waals surface area contributed by atoms with Gasteiger partial charge in [-0.15, -0.1) is 0 Å². The van der Waals surface area contributed by atoms with Crippen LogP contribution in [0.15, 0.2) is 565 Å². The molecule has 7 aromatic heterocycles. The highest BCUT2D eigenvalue weighted by atomic mass is 15.3. The Labute approximate surface area is 861 Å². The van der Waals surface area contributed by atoms with Crippen molar-refractivity contribution in [2.75, 3.05) is 14.7 Å². The summed E-state index contributed by atoms with van der Waals surface area (Å²) in [6, 6.07) is 186. The van der Waals surface area contributed by atoms with Crippen molar-refractivity contribution < 1.29 is 0 Å². The van der Waals surface area contributed by atoms with Crippen LogP contribution in [-0.2, 0) is 0 Å². The lowest BCUT2D eigenvalue weighted by Gasteiger charge is -2.24. The standard InChI is InChI=1S/C46H31N5.C46H32N4.C44H30N4/c1-4-14-32(15-5-1)33-30-47-46(48-31-33)49(36-25-27-44-41(28-36)39-21-11-13-23-43(39)50(44)34-16-6-2-7-17-34)37-24-26-40-38-20-10-12-22-42(38)51(45(40)29-37)35-18-8-3-9-19-35;1-4-12-33(13-5-1)35-20-22-37(23-21-35)38-31-47-46(48-32-38)49(40-26-24-36(25-27-40)34-14-6-2-7-15-34)41-28-29-45-43(30-41)42-18-10-11-19-44(42)50(45)39-16-8-3-9-17-39;1-3-11-31(12-4-1)36-29-45-44(46-30-36)47(38-23-21-33(22-24-38)35-20-19-32-13-7-8-14-34(32)27-35)39-25-26-43-41(28-39)40-17-9-10-18-42(40)48(43)37-15-5-2-6-16-37/h1-31H;1-32H;1-30H. The lowest BCUT2D eigenvalue weighted by atomic mass is 10.0. The highest BCUT2D eigenvalue weighted by Crippen LogP contribution is 2.47. The zero-order valence-electron chi connectivity index (χ0n) is 81.0. The largest absolute Gasteiger partial charge is 0.309 e. The molecular weight excluding hydrogens is 1820 g/mol. The van der Waals surface area contributed by atoms with Gasteiger partial charge in [0.1, 0.15) is 0 Å². The van der Waals surface area contributed by atoms with E-state index in [4.69, 9.17) is 29.9 Å². The molecule has 0 spiro atoms. The molecule has 21 aromatic carbocycles. The van der Waals surface area contributed by atoms with E-state index in [1.165, 1.54) is 92.8 Å². The zero-order valence-corrected chi connectivity index (χ0v) is 81.0. The van der Waals surface area contributed by atoms with Crippen molar-refractivity contribution in [3.63, 3.8) is 0 Å². The van der Waals surface area contributed by atoms with E-state index < -0.39 is 0 Å². The predicted octanol–water partition coefficient (Wildman–Crippen LogP) is 35.4. The van der Waals surface area contributed by atoms with Gasteiger partial charge in [0.2, 0.25) is 17.8 Å². The van der Waals surface area contributed by atoms with Crippen molar-refractivity contribution in [3.05, 3.63) is 565 Å². The molecule has 0 aliphatic carbocycles. The van der Waals surface area contributed by atoms with Crippen molar-refractivity contribution in [2.24, 2.45) is 0 Å². The Bertz CT molecular complexity index is 9700. The molecule has 0 saturated heterocycles. The molecule has 0 fully saturated rings. The molecule has 28 rings (SSSR count). The van der Waals surface area contributed by atoms with E-state index in [0.29, 0.717) is 17.8 Å². The van der Waals surface area contributed by atoms with Gasteiger partial charge in [0.15, 0.2) is 0 Å². The van der Waals surface area contributed by atoms with Gasteiger partial charge in [-0.25, -0.2) is 29.9 Å². The summed E-state index contributed by atoms with van der Waals surface area (Å²) in [6.45, 7) is 0. The summed E-state index contributed by atoms with van der Waals surface area (Å²) >= 11 is 0. The van der Waals surface area contributed by atoms with Crippen LogP contribution in [0.5, 0.6) is 0 Å². The Morgan fingerprint density at radius 3 is 0.685 bits per heavy atom. The molecule has 0 aliphatic heterocycles. The van der Waals surface area contributed by atoms with Crippen LogP contribution in [0.2, 0.25) is 0 Å². The fourth-order valence-electron chi connectivity index (χ4n) is 21.1. The van der Waals surface area contributed by atoms with E-state index in [1.54, 1.807) is 0 Å². The molecule has 149 heavy (non-hydrogen) atoms. The van der Waals surface area contributed by atoms with E-state index in [0.717, 1.165) is 129 Å². The second kappa shape index (κ2) is 39.2. The van der Waals surface area contributed by atoms with Crippen LogP contribution >= 0.6 is 0 Å². The van der Waals surface area contributed by atoms with Crippen molar-refractivity contribution in [1.29, 1.82) is 0 Å². The predicted molar refractivity (Wildman–Crippen MR) is 618 cm³/mol. The summed E-state index contributed by atoms with van der Waals surface area (Å²) in [6.07, 6.45) is 11.5. The van der Waals surface area contributed by atoms with Crippen LogP contribution in [0, 0.1) is 0 Å². The van der Waals surface area contributed by atoms with Gasteiger partial charge in [-0.2, -0.15) is 0 Å². The average Bonchev–Trinajstić information content (AvgIpc) is 1.60. The minimum absolute atomic E-state index is 0.600. The molecule has 0 aliphatic rings. The molecule has 702 valence electrons. The molecule has 7 heterocycles. The number of benzene rings is 21. The fraction of sp³-hybridized carbons (Fsp3) is 0. The van der Waals surface area contributed by atoms with Crippen molar-refractivity contribution in [3.8, 4) is 89.5 Å². The Kier molecular flexibility index (Phi) is 23.4. The van der Waals surface area contributed by atoms with E-state index in [9.17, 15) is 0 Å². The molecule has 0 amide bonds. The van der Waals surface area contributed by atoms with Crippen LogP contribution in [0.25, 0.3) is 188 Å². The quantitative estimate of drug-likeness (QED) is 0.0782. The first kappa shape index (κ1) is 88.9. The van der Waals surface area contributed by atoms with Crippen LogP contribution in [0.3, 0.4) is 0 Å². The Balaban J connectivity index is 0.000000113. The first-order valence-corrected chi connectivity index (χ1v) is 50.1. The third-order valence-corrected chi connectivity index (χ3v) is 28.2. The second-order valence-electron chi connectivity index (χ2n) is 37.1. The summed E-state index contributed by atoms with van der Waals surface area (Å²) in [5, 5.41) is 12.0. The van der Waals surface area contributed by atoms with E-state index in [-0.39, 0.29) is 0 Å². The van der Waals surface area contributed by atoms with Gasteiger partial charge in [0.25, 0.3) is 0 Å². The topological polar surface area (TPSA) is 107 Å². The van der Waals surface area contributed by atoms with Gasteiger partial charge >= 0.3 is 0 Å². The number of anilines is 9. The molecule has 0 radical (unpaired) electrons. The van der Waals surface area contributed by atoms with Gasteiger partial charge in [-0.3, -0.25) is 14.7 Å². The number of nitrogens with zero attached hydrogens (tertiary/aromatic N) is 13. The zero-order chi connectivity index (χ0) is 98.9. The Hall–Kier alpha value is -20.3. The molecule has 0 bridgehead atoms.